The Morgan fingerprint density at radius 2 is 2.13 bits per heavy atom. The Morgan fingerprint density at radius 3 is 2.67 bits per heavy atom. The van der Waals surface area contributed by atoms with Gasteiger partial charge in [-0.3, -0.25) is 0 Å². The molecule has 5 nitrogen and oxygen atoms in total. The molecule has 2 atom stereocenters. The van der Waals surface area contributed by atoms with E-state index < -0.39 is 24.3 Å². The molecule has 0 radical (unpaired) electrons. The number of hydrogen-bond donors (Lipinski definition) is 1. The minimum atomic E-state index is -1.06. The number of halogens is 1. The second-order valence-electron chi connectivity index (χ2n) is 3.13. The number of rotatable bonds is 3. The summed E-state index contributed by atoms with van der Waals surface area (Å²) in [5.74, 6) is -1.84. The number of carboxylic acid groups (broad SMARTS) is 1. The molecule has 6 heteroatoms. The smallest absolute Gasteiger partial charge is 0.351 e. The molecule has 1 saturated heterocycles. The maximum atomic E-state index is 11.0. The molecule has 1 heterocycles. The molecule has 1 rings (SSSR count). The maximum absolute atomic E-state index is 11.0. The van der Waals surface area contributed by atoms with Crippen LogP contribution in [-0.4, -0.2) is 29.4 Å². The summed E-state index contributed by atoms with van der Waals surface area (Å²) in [7, 11) is 0. The zero-order valence-electron chi connectivity index (χ0n) is 7.94. The van der Waals surface area contributed by atoms with Crippen molar-refractivity contribution in [3.05, 3.63) is 11.6 Å². The van der Waals surface area contributed by atoms with Crippen LogP contribution in [0.3, 0.4) is 0 Å². The van der Waals surface area contributed by atoms with Crippen molar-refractivity contribution >= 4 is 23.5 Å². The van der Waals surface area contributed by atoms with E-state index in [0.717, 1.165) is 0 Å². The van der Waals surface area contributed by atoms with Crippen LogP contribution in [0.2, 0.25) is 0 Å². The third-order valence-corrected chi connectivity index (χ3v) is 2.11. The van der Waals surface area contributed by atoms with Crippen molar-refractivity contribution in [1.82, 2.24) is 0 Å². The molecule has 0 bridgehead atoms. The summed E-state index contributed by atoms with van der Waals surface area (Å²) in [6.07, 6.45) is -0.239. The number of hydrogen-bond acceptors (Lipinski definition) is 4. The van der Waals surface area contributed by atoms with E-state index in [4.69, 9.17) is 26.2 Å². The van der Waals surface area contributed by atoms with Gasteiger partial charge in [-0.15, -0.1) is 0 Å². The molecular formula is C9H11ClO5. The second-order valence-corrected chi connectivity index (χ2v) is 3.59. The molecule has 15 heavy (non-hydrogen) atoms. The number of carbonyl (C=O) groups excluding carboxylic acids is 1. The van der Waals surface area contributed by atoms with Crippen LogP contribution in [0.4, 0.5) is 0 Å². The summed E-state index contributed by atoms with van der Waals surface area (Å²) in [5.41, 5.74) is 0. The van der Waals surface area contributed by atoms with Gasteiger partial charge in [0.2, 0.25) is 6.29 Å². The molecule has 1 aliphatic rings. The Morgan fingerprint density at radius 1 is 1.47 bits per heavy atom. The van der Waals surface area contributed by atoms with Crippen LogP contribution in [0.25, 0.3) is 0 Å². The average molecular weight is 235 g/mol. The van der Waals surface area contributed by atoms with Gasteiger partial charge in [-0.05, 0) is 12.8 Å². The first kappa shape index (κ1) is 12.0. The van der Waals surface area contributed by atoms with Crippen LogP contribution in [-0.2, 0) is 19.1 Å². The van der Waals surface area contributed by atoms with Gasteiger partial charge in [0.1, 0.15) is 5.03 Å². The van der Waals surface area contributed by atoms with E-state index in [1.807, 2.05) is 0 Å². The van der Waals surface area contributed by atoms with Crippen molar-refractivity contribution in [2.24, 2.45) is 0 Å². The van der Waals surface area contributed by atoms with Crippen molar-refractivity contribution in [2.45, 2.75) is 31.7 Å². The van der Waals surface area contributed by atoms with E-state index >= 15 is 0 Å². The Kier molecular flexibility index (Phi) is 4.11. The van der Waals surface area contributed by atoms with Gasteiger partial charge in [-0.2, -0.15) is 0 Å². The molecule has 0 spiro atoms. The topological polar surface area (TPSA) is 72.8 Å². The fraction of sp³-hybridized carbons (Fsp3) is 0.556. The zero-order chi connectivity index (χ0) is 11.4. The van der Waals surface area contributed by atoms with Crippen LogP contribution in [0.5, 0.6) is 0 Å². The third-order valence-electron chi connectivity index (χ3n) is 1.96. The lowest BCUT2D eigenvalue weighted by molar-refractivity contribution is -0.206. The van der Waals surface area contributed by atoms with E-state index in [0.29, 0.717) is 19.3 Å². The molecule has 1 fully saturated rings. The summed E-state index contributed by atoms with van der Waals surface area (Å²) >= 11 is 5.31. The highest BCUT2D eigenvalue weighted by atomic mass is 35.5. The van der Waals surface area contributed by atoms with Gasteiger partial charge >= 0.3 is 11.9 Å². The van der Waals surface area contributed by atoms with Crippen molar-refractivity contribution in [3.8, 4) is 0 Å². The fourth-order valence-electron chi connectivity index (χ4n) is 1.24. The normalized spacial score (nSPS) is 25.7. The maximum Gasteiger partial charge on any atom is 0.351 e. The Labute approximate surface area is 91.6 Å². The van der Waals surface area contributed by atoms with E-state index in [-0.39, 0.29) is 5.03 Å². The molecular weight excluding hydrogens is 224 g/mol. The lowest BCUT2D eigenvalue weighted by Crippen LogP contribution is -2.36. The standard InChI is InChI=1S/C9H11ClO5/c1-5(10)9(13)15-7-4-2-3-6(14-7)8(11)12/h6-7H,1-4H2,(H,11,12). The molecule has 84 valence electrons. The van der Waals surface area contributed by atoms with Gasteiger partial charge < -0.3 is 14.6 Å². The molecule has 0 aliphatic carbocycles. The fourth-order valence-corrected chi connectivity index (χ4v) is 1.29. The molecule has 0 aromatic carbocycles. The number of esters is 1. The summed E-state index contributed by atoms with van der Waals surface area (Å²) in [4.78, 5) is 21.6. The highest BCUT2D eigenvalue weighted by Crippen LogP contribution is 2.21. The minimum absolute atomic E-state index is 0.254. The van der Waals surface area contributed by atoms with Crippen LogP contribution in [0.15, 0.2) is 11.6 Å². The molecule has 0 saturated carbocycles. The van der Waals surface area contributed by atoms with Gasteiger partial charge in [0.25, 0.3) is 0 Å². The van der Waals surface area contributed by atoms with Crippen LogP contribution in [0.1, 0.15) is 19.3 Å². The molecule has 1 N–H and O–H groups in total. The first-order valence-electron chi connectivity index (χ1n) is 4.44. The van der Waals surface area contributed by atoms with Crippen molar-refractivity contribution < 1.29 is 24.2 Å². The minimum Gasteiger partial charge on any atom is -0.479 e. The van der Waals surface area contributed by atoms with E-state index in [1.165, 1.54) is 0 Å². The highest BCUT2D eigenvalue weighted by molar-refractivity contribution is 6.40. The molecule has 1 aliphatic heterocycles. The predicted octanol–water partition coefficient (Wildman–Crippen LogP) is 1.26. The number of carboxylic acids is 1. The summed E-state index contributed by atoms with van der Waals surface area (Å²) in [5, 5.41) is 8.44. The average Bonchev–Trinajstić information content (AvgIpc) is 2.18. The molecule has 0 aromatic rings. The summed E-state index contributed by atoms with van der Waals surface area (Å²) in [6.45, 7) is 3.19. The van der Waals surface area contributed by atoms with Crippen LogP contribution < -0.4 is 0 Å². The number of ether oxygens (including phenoxy) is 2. The first-order valence-corrected chi connectivity index (χ1v) is 4.82. The van der Waals surface area contributed by atoms with Gasteiger partial charge in [-0.1, -0.05) is 18.2 Å². The molecule has 0 amide bonds. The monoisotopic (exact) mass is 234 g/mol. The van der Waals surface area contributed by atoms with Gasteiger partial charge in [-0.25, -0.2) is 9.59 Å². The number of aliphatic carboxylic acids is 1. The summed E-state index contributed by atoms with van der Waals surface area (Å²) < 4.78 is 9.80. The van der Waals surface area contributed by atoms with Gasteiger partial charge in [0, 0.05) is 6.42 Å². The van der Waals surface area contributed by atoms with Crippen molar-refractivity contribution in [1.29, 1.82) is 0 Å². The lowest BCUT2D eigenvalue weighted by atomic mass is 10.1. The van der Waals surface area contributed by atoms with Crippen molar-refractivity contribution in [2.75, 3.05) is 0 Å². The first-order chi connectivity index (χ1) is 7.00. The lowest BCUT2D eigenvalue weighted by Gasteiger charge is -2.26. The van der Waals surface area contributed by atoms with Crippen LogP contribution >= 0.6 is 11.6 Å². The zero-order valence-corrected chi connectivity index (χ0v) is 8.70. The largest absolute Gasteiger partial charge is 0.479 e. The third kappa shape index (κ3) is 3.53. The van der Waals surface area contributed by atoms with E-state index in [9.17, 15) is 9.59 Å². The Hall–Kier alpha value is -1.07. The second kappa shape index (κ2) is 5.14. The Balaban J connectivity index is 2.46. The SMILES string of the molecule is C=C(Cl)C(=O)OC1CCCC(C(=O)O)O1. The van der Waals surface area contributed by atoms with E-state index in [1.54, 1.807) is 0 Å². The predicted molar refractivity (Wildman–Crippen MR) is 51.2 cm³/mol. The van der Waals surface area contributed by atoms with E-state index in [2.05, 4.69) is 6.58 Å². The molecule has 0 aromatic heterocycles. The number of carbonyl (C=O) groups is 2. The quantitative estimate of drug-likeness (QED) is 0.588. The van der Waals surface area contributed by atoms with Gasteiger partial charge in [0.05, 0.1) is 0 Å². The van der Waals surface area contributed by atoms with Crippen molar-refractivity contribution in [3.63, 3.8) is 0 Å². The Bertz CT molecular complexity index is 288. The van der Waals surface area contributed by atoms with Gasteiger partial charge in [0.15, 0.2) is 6.10 Å². The highest BCUT2D eigenvalue weighted by Gasteiger charge is 2.29. The summed E-state index contributed by atoms with van der Waals surface area (Å²) in [6, 6.07) is 0. The molecule has 2 unspecified atom stereocenters. The van der Waals surface area contributed by atoms with Crippen LogP contribution in [0, 0.1) is 0 Å².